The number of ether oxygens (including phenoxy) is 1. The Morgan fingerprint density at radius 2 is 1.30 bits per heavy atom. The molecule has 2 atom stereocenters. The number of rotatable bonds is 11. The Morgan fingerprint density at radius 3 is 1.86 bits per heavy atom. The number of halogens is 1. The highest BCUT2D eigenvalue weighted by atomic mass is 35.5. The van der Waals surface area contributed by atoms with E-state index < -0.39 is 5.60 Å². The summed E-state index contributed by atoms with van der Waals surface area (Å²) in [4.78, 5) is 17.9. The van der Waals surface area contributed by atoms with Gasteiger partial charge in [-0.1, -0.05) is 108 Å². The highest BCUT2D eigenvalue weighted by Gasteiger charge is 2.31. The van der Waals surface area contributed by atoms with E-state index in [2.05, 4.69) is 125 Å². The summed E-state index contributed by atoms with van der Waals surface area (Å²) in [5, 5.41) is 0.752. The van der Waals surface area contributed by atoms with E-state index in [-0.39, 0.29) is 0 Å². The summed E-state index contributed by atoms with van der Waals surface area (Å²) in [6, 6.07) is 45.5. The zero-order valence-corrected chi connectivity index (χ0v) is 34.4. The summed E-state index contributed by atoms with van der Waals surface area (Å²) in [7, 11) is 2.22. The fourth-order valence-corrected chi connectivity index (χ4v) is 7.57. The number of nitrogens with zero attached hydrogens (tertiary/aromatic N) is 5. The Balaban J connectivity index is 0.000000152. The van der Waals surface area contributed by atoms with Crippen LogP contribution in [0.5, 0.6) is 0 Å². The molecule has 0 bridgehead atoms. The lowest BCUT2D eigenvalue weighted by molar-refractivity contribution is -0.0117. The van der Waals surface area contributed by atoms with Crippen LogP contribution in [0.1, 0.15) is 67.0 Å². The summed E-state index contributed by atoms with van der Waals surface area (Å²) in [6.45, 7) is 9.70. The Bertz CT molecular complexity index is 2020. The standard InChI is InChI=1S/C21H26ClNO.C19H22N2.C10H8N2/c1-21(17-7-4-3-5-8-17,18-10-12-19(22)13-11-18)24-16-14-20-9-6-15-23(20)2;1-16-7-9-17(10-8-16)18(19-6-2-3-12-20-19)11-15-21-13-4-5-14-21;1-3-7-11-9(5-1)10-6-2-4-8-12-10/h3-5,7-8,10-13,20H,6,9,14-16H2,1-2H3;2-3,6-12H,4-5,13-15H2,1H3;1-8H/b;18-11+;/t20-,21-;;/m1../s1. The van der Waals surface area contributed by atoms with Crippen LogP contribution in [-0.4, -0.2) is 70.6 Å². The van der Waals surface area contributed by atoms with Gasteiger partial charge in [-0.25, -0.2) is 0 Å². The Labute approximate surface area is 345 Å². The minimum Gasteiger partial charge on any atom is -0.366 e. The molecule has 0 N–H and O–H groups in total. The highest BCUT2D eigenvalue weighted by molar-refractivity contribution is 6.30. The predicted octanol–water partition coefficient (Wildman–Crippen LogP) is 11.2. The highest BCUT2D eigenvalue weighted by Crippen LogP contribution is 2.34. The molecule has 0 spiro atoms. The third-order valence-electron chi connectivity index (χ3n) is 10.9. The van der Waals surface area contributed by atoms with E-state index in [0.717, 1.165) is 47.2 Å². The molecule has 294 valence electrons. The predicted molar refractivity (Wildman–Crippen MR) is 236 cm³/mol. The van der Waals surface area contributed by atoms with E-state index in [9.17, 15) is 0 Å². The summed E-state index contributed by atoms with van der Waals surface area (Å²) in [5.74, 6) is 0. The molecule has 6 nitrogen and oxygen atoms in total. The lowest BCUT2D eigenvalue weighted by atomic mass is 9.88. The first-order valence-corrected chi connectivity index (χ1v) is 20.7. The van der Waals surface area contributed by atoms with Crippen molar-refractivity contribution in [1.29, 1.82) is 0 Å². The topological polar surface area (TPSA) is 54.4 Å². The van der Waals surface area contributed by atoms with Gasteiger partial charge in [0.2, 0.25) is 0 Å². The molecule has 5 heterocycles. The van der Waals surface area contributed by atoms with Crippen LogP contribution in [0.15, 0.2) is 158 Å². The molecule has 2 aliphatic rings. The van der Waals surface area contributed by atoms with Gasteiger partial charge in [-0.3, -0.25) is 19.9 Å². The van der Waals surface area contributed by atoms with Gasteiger partial charge in [-0.05, 0) is 138 Å². The first-order chi connectivity index (χ1) is 27.9. The quantitative estimate of drug-likeness (QED) is 0.131. The van der Waals surface area contributed by atoms with Crippen molar-refractivity contribution in [3.05, 3.63) is 191 Å². The van der Waals surface area contributed by atoms with E-state index in [1.165, 1.54) is 67.6 Å². The SMILES string of the molecule is CN1CCC[C@@H]1CCO[C@](C)(c1ccccc1)c1ccc(Cl)cc1.Cc1ccc(/C(=C\CN2CCCC2)c2ccccn2)cc1.c1ccc(-c2ccccn2)nc1. The number of likely N-dealkylation sites (tertiary alicyclic amines) is 2. The average molecular weight is 778 g/mol. The van der Waals surface area contributed by atoms with E-state index in [0.29, 0.717) is 6.04 Å². The molecule has 0 amide bonds. The van der Waals surface area contributed by atoms with Gasteiger partial charge in [0.05, 0.1) is 17.1 Å². The lowest BCUT2D eigenvalue weighted by Gasteiger charge is -2.32. The Morgan fingerprint density at radius 1 is 0.702 bits per heavy atom. The molecular formula is C50H56ClN5O. The molecule has 57 heavy (non-hydrogen) atoms. The van der Waals surface area contributed by atoms with Crippen molar-refractivity contribution in [2.75, 3.05) is 39.8 Å². The monoisotopic (exact) mass is 777 g/mol. The van der Waals surface area contributed by atoms with Gasteiger partial charge in [0.1, 0.15) is 5.60 Å². The second-order valence-corrected chi connectivity index (χ2v) is 15.4. The first kappa shape index (κ1) is 41.6. The zero-order chi connectivity index (χ0) is 39.7. The van der Waals surface area contributed by atoms with Crippen LogP contribution >= 0.6 is 11.6 Å². The minimum atomic E-state index is -0.455. The minimum absolute atomic E-state index is 0.455. The van der Waals surface area contributed by atoms with Crippen LogP contribution in [0.3, 0.4) is 0 Å². The van der Waals surface area contributed by atoms with E-state index >= 15 is 0 Å². The number of hydrogen-bond acceptors (Lipinski definition) is 6. The van der Waals surface area contributed by atoms with Crippen LogP contribution in [0, 0.1) is 6.92 Å². The molecule has 8 rings (SSSR count). The summed E-state index contributed by atoms with van der Waals surface area (Å²) >= 11 is 6.07. The molecule has 2 saturated heterocycles. The molecule has 3 aromatic heterocycles. The molecule has 2 aliphatic heterocycles. The van der Waals surface area contributed by atoms with Crippen LogP contribution in [-0.2, 0) is 10.3 Å². The number of pyridine rings is 3. The fraction of sp³-hybridized carbons (Fsp3) is 0.300. The van der Waals surface area contributed by atoms with Crippen molar-refractivity contribution < 1.29 is 4.74 Å². The van der Waals surface area contributed by atoms with Crippen molar-refractivity contribution >= 4 is 17.2 Å². The summed E-state index contributed by atoms with van der Waals surface area (Å²) in [6.07, 6.45) is 14.1. The van der Waals surface area contributed by atoms with Gasteiger partial charge >= 0.3 is 0 Å². The fourth-order valence-electron chi connectivity index (χ4n) is 7.44. The van der Waals surface area contributed by atoms with Crippen LogP contribution in [0.2, 0.25) is 5.02 Å². The number of benzene rings is 3. The summed E-state index contributed by atoms with van der Waals surface area (Å²) in [5.41, 5.74) is 8.52. The first-order valence-electron chi connectivity index (χ1n) is 20.3. The van der Waals surface area contributed by atoms with Crippen molar-refractivity contribution in [2.24, 2.45) is 0 Å². The number of aryl methyl sites for hydroxylation is 1. The molecule has 0 unspecified atom stereocenters. The normalized spacial score (nSPS) is 16.8. The average Bonchev–Trinajstić information content (AvgIpc) is 3.95. The molecule has 3 aromatic carbocycles. The Kier molecular flexibility index (Phi) is 15.7. The van der Waals surface area contributed by atoms with Gasteiger partial charge in [0.25, 0.3) is 0 Å². The third kappa shape index (κ3) is 12.3. The molecule has 6 aromatic rings. The maximum atomic E-state index is 6.48. The molecule has 0 radical (unpaired) electrons. The molecule has 2 fully saturated rings. The molecule has 0 aliphatic carbocycles. The number of hydrogen-bond donors (Lipinski definition) is 0. The van der Waals surface area contributed by atoms with Crippen LogP contribution in [0.4, 0.5) is 0 Å². The molecule has 7 heteroatoms. The number of aromatic nitrogens is 3. The molecule has 0 saturated carbocycles. The zero-order valence-electron chi connectivity index (χ0n) is 33.7. The Hall–Kier alpha value is -4.98. The van der Waals surface area contributed by atoms with Crippen molar-refractivity contribution in [3.63, 3.8) is 0 Å². The van der Waals surface area contributed by atoms with Crippen LogP contribution in [0.25, 0.3) is 17.0 Å². The second-order valence-electron chi connectivity index (χ2n) is 15.0. The van der Waals surface area contributed by atoms with Gasteiger partial charge in [0, 0.05) is 48.4 Å². The van der Waals surface area contributed by atoms with Gasteiger partial charge in [-0.2, -0.15) is 0 Å². The maximum Gasteiger partial charge on any atom is 0.115 e. The maximum absolute atomic E-state index is 6.48. The van der Waals surface area contributed by atoms with E-state index in [4.69, 9.17) is 16.3 Å². The smallest absolute Gasteiger partial charge is 0.115 e. The van der Waals surface area contributed by atoms with E-state index in [1.807, 2.05) is 66.9 Å². The van der Waals surface area contributed by atoms with Crippen molar-refractivity contribution in [1.82, 2.24) is 24.8 Å². The van der Waals surface area contributed by atoms with Gasteiger partial charge in [-0.15, -0.1) is 0 Å². The van der Waals surface area contributed by atoms with E-state index in [1.54, 1.807) is 12.4 Å². The van der Waals surface area contributed by atoms with Gasteiger partial charge < -0.3 is 9.64 Å². The lowest BCUT2D eigenvalue weighted by Crippen LogP contribution is -2.31. The van der Waals surface area contributed by atoms with Crippen LogP contribution < -0.4 is 0 Å². The molecular weight excluding hydrogens is 722 g/mol. The van der Waals surface area contributed by atoms with Crippen molar-refractivity contribution in [2.45, 2.75) is 57.6 Å². The largest absolute Gasteiger partial charge is 0.366 e. The third-order valence-corrected chi connectivity index (χ3v) is 11.1. The second kappa shape index (κ2) is 21.5. The van der Waals surface area contributed by atoms with Gasteiger partial charge in [0.15, 0.2) is 0 Å². The van der Waals surface area contributed by atoms with Crippen molar-refractivity contribution in [3.8, 4) is 11.4 Å². The summed E-state index contributed by atoms with van der Waals surface area (Å²) < 4.78 is 6.48.